The van der Waals surface area contributed by atoms with Crippen LogP contribution in [0.2, 0.25) is 0 Å². The van der Waals surface area contributed by atoms with Gasteiger partial charge in [0.1, 0.15) is 6.04 Å². The number of hydrogen-bond acceptors (Lipinski definition) is 4. The maximum Gasteiger partial charge on any atom is 0.320 e. The maximum absolute atomic E-state index is 11.0. The summed E-state index contributed by atoms with van der Waals surface area (Å²) in [7, 11) is 0. The normalized spacial score (nSPS) is 13.9. The molecular weight excluding hydrogens is 248 g/mol. The van der Waals surface area contributed by atoms with Crippen molar-refractivity contribution in [1.29, 1.82) is 0 Å². The van der Waals surface area contributed by atoms with E-state index < -0.39 is 12.0 Å². The van der Waals surface area contributed by atoms with Crippen molar-refractivity contribution in [3.8, 4) is 0 Å². The Morgan fingerprint density at radius 3 is 2.50 bits per heavy atom. The van der Waals surface area contributed by atoms with Crippen LogP contribution in [0.15, 0.2) is 5.38 Å². The van der Waals surface area contributed by atoms with E-state index in [4.69, 9.17) is 5.11 Å². The van der Waals surface area contributed by atoms with E-state index >= 15 is 0 Å². The Kier molecular flexibility index (Phi) is 4.87. The van der Waals surface area contributed by atoms with E-state index in [1.807, 2.05) is 19.2 Å². The monoisotopic (exact) mass is 270 g/mol. The van der Waals surface area contributed by atoms with Gasteiger partial charge in [-0.1, -0.05) is 34.6 Å². The molecule has 4 nitrogen and oxygen atoms in total. The third-order valence-corrected chi connectivity index (χ3v) is 3.95. The lowest BCUT2D eigenvalue weighted by molar-refractivity contribution is -0.140. The summed E-state index contributed by atoms with van der Waals surface area (Å²) in [6.45, 7) is 10.7. The third kappa shape index (κ3) is 4.07. The van der Waals surface area contributed by atoms with Crippen molar-refractivity contribution < 1.29 is 9.90 Å². The smallest absolute Gasteiger partial charge is 0.320 e. The second kappa shape index (κ2) is 5.80. The minimum Gasteiger partial charge on any atom is -0.480 e. The summed E-state index contributed by atoms with van der Waals surface area (Å²) in [5, 5.41) is 15.2. The van der Waals surface area contributed by atoms with E-state index in [1.165, 1.54) is 0 Å². The molecule has 1 aromatic rings. The number of nitrogens with one attached hydrogen (secondary N) is 1. The number of thiazole rings is 1. The lowest BCUT2D eigenvalue weighted by atomic mass is 9.98. The zero-order valence-corrected chi connectivity index (χ0v) is 12.5. The molecule has 0 aliphatic rings. The van der Waals surface area contributed by atoms with Crippen molar-refractivity contribution in [2.45, 2.75) is 52.6 Å². The first kappa shape index (κ1) is 15.1. The Morgan fingerprint density at radius 2 is 2.11 bits per heavy atom. The number of carboxylic acids is 1. The predicted molar refractivity (Wildman–Crippen MR) is 73.9 cm³/mol. The first-order chi connectivity index (χ1) is 8.21. The molecule has 0 fully saturated rings. The molecule has 1 heterocycles. The fourth-order valence-corrected chi connectivity index (χ4v) is 2.46. The van der Waals surface area contributed by atoms with Crippen LogP contribution in [0.25, 0.3) is 0 Å². The Balaban J connectivity index is 2.63. The predicted octanol–water partition coefficient (Wildman–Crippen LogP) is 2.64. The molecule has 0 saturated carbocycles. The number of carboxylic acid groups (broad SMARTS) is 1. The van der Waals surface area contributed by atoms with Gasteiger partial charge < -0.3 is 5.11 Å². The van der Waals surface area contributed by atoms with E-state index in [0.29, 0.717) is 6.54 Å². The minimum absolute atomic E-state index is 0.0488. The average molecular weight is 270 g/mol. The standard InChI is InChI=1S/C13H22N2O2S/c1-8(2)10(11(16)17)14-6-9-7-18-12(15-9)13(3,4)5/h7-8,10,14H,6H2,1-5H3,(H,16,17)/t10-/m1/s1. The summed E-state index contributed by atoms with van der Waals surface area (Å²) >= 11 is 1.63. The molecule has 0 aliphatic heterocycles. The van der Waals surface area contributed by atoms with Crippen LogP contribution in [0.3, 0.4) is 0 Å². The average Bonchev–Trinajstić information content (AvgIpc) is 2.64. The van der Waals surface area contributed by atoms with Crippen molar-refractivity contribution in [3.05, 3.63) is 16.1 Å². The van der Waals surface area contributed by atoms with Crippen molar-refractivity contribution in [3.63, 3.8) is 0 Å². The second-order valence-electron chi connectivity index (χ2n) is 5.83. The Morgan fingerprint density at radius 1 is 1.50 bits per heavy atom. The molecule has 1 atom stereocenters. The van der Waals surface area contributed by atoms with Crippen LogP contribution in [0.4, 0.5) is 0 Å². The van der Waals surface area contributed by atoms with Gasteiger partial charge in [-0.3, -0.25) is 10.1 Å². The van der Waals surface area contributed by atoms with Crippen LogP contribution in [-0.2, 0) is 16.8 Å². The first-order valence-corrected chi connectivity index (χ1v) is 7.01. The highest BCUT2D eigenvalue weighted by atomic mass is 32.1. The molecular formula is C13H22N2O2S. The zero-order valence-electron chi connectivity index (χ0n) is 11.7. The van der Waals surface area contributed by atoms with Crippen LogP contribution in [0, 0.1) is 5.92 Å². The molecule has 0 aromatic carbocycles. The Bertz CT molecular complexity index is 407. The zero-order chi connectivity index (χ0) is 13.9. The van der Waals surface area contributed by atoms with E-state index in [0.717, 1.165) is 10.7 Å². The molecule has 18 heavy (non-hydrogen) atoms. The van der Waals surface area contributed by atoms with Gasteiger partial charge >= 0.3 is 5.97 Å². The van der Waals surface area contributed by atoms with E-state index in [9.17, 15) is 4.79 Å². The molecule has 2 N–H and O–H groups in total. The summed E-state index contributed by atoms with van der Waals surface area (Å²) in [6, 6.07) is -0.523. The highest BCUT2D eigenvalue weighted by Gasteiger charge is 2.22. The maximum atomic E-state index is 11.0. The molecule has 0 unspecified atom stereocenters. The molecule has 1 aromatic heterocycles. The van der Waals surface area contributed by atoms with Crippen LogP contribution in [0.5, 0.6) is 0 Å². The summed E-state index contributed by atoms with van der Waals surface area (Å²) in [5.74, 6) is -0.750. The first-order valence-electron chi connectivity index (χ1n) is 6.13. The summed E-state index contributed by atoms with van der Waals surface area (Å²) in [6.07, 6.45) is 0. The summed E-state index contributed by atoms with van der Waals surface area (Å²) in [4.78, 5) is 15.6. The molecule has 1 rings (SSSR count). The number of nitrogens with zero attached hydrogens (tertiary/aromatic N) is 1. The van der Waals surface area contributed by atoms with Crippen LogP contribution in [-0.4, -0.2) is 22.1 Å². The topological polar surface area (TPSA) is 62.2 Å². The Hall–Kier alpha value is -0.940. The van der Waals surface area contributed by atoms with Gasteiger partial charge in [0.25, 0.3) is 0 Å². The van der Waals surface area contributed by atoms with Gasteiger partial charge in [0.15, 0.2) is 0 Å². The number of aromatic nitrogens is 1. The van der Waals surface area contributed by atoms with E-state index in [1.54, 1.807) is 11.3 Å². The highest BCUT2D eigenvalue weighted by molar-refractivity contribution is 7.09. The highest BCUT2D eigenvalue weighted by Crippen LogP contribution is 2.25. The van der Waals surface area contributed by atoms with Crippen LogP contribution >= 0.6 is 11.3 Å². The molecule has 102 valence electrons. The largest absolute Gasteiger partial charge is 0.480 e. The van der Waals surface area contributed by atoms with Crippen LogP contribution < -0.4 is 5.32 Å². The van der Waals surface area contributed by atoms with Crippen molar-refractivity contribution in [2.75, 3.05) is 0 Å². The van der Waals surface area contributed by atoms with Crippen molar-refractivity contribution >= 4 is 17.3 Å². The second-order valence-corrected chi connectivity index (χ2v) is 6.69. The number of carbonyl (C=O) groups is 1. The van der Waals surface area contributed by atoms with Crippen molar-refractivity contribution in [1.82, 2.24) is 10.3 Å². The lowest BCUT2D eigenvalue weighted by Gasteiger charge is -2.17. The van der Waals surface area contributed by atoms with Gasteiger partial charge in [0, 0.05) is 17.3 Å². The fraction of sp³-hybridized carbons (Fsp3) is 0.692. The van der Waals surface area contributed by atoms with Crippen LogP contribution in [0.1, 0.15) is 45.3 Å². The quantitative estimate of drug-likeness (QED) is 0.863. The fourth-order valence-electron chi connectivity index (χ4n) is 1.56. The molecule has 0 aliphatic carbocycles. The van der Waals surface area contributed by atoms with E-state index in [-0.39, 0.29) is 11.3 Å². The third-order valence-electron chi connectivity index (χ3n) is 2.63. The molecule has 0 amide bonds. The number of aliphatic carboxylic acids is 1. The molecule has 5 heteroatoms. The SMILES string of the molecule is CC(C)[C@@H](NCc1csc(C(C)(C)C)n1)C(=O)O. The van der Waals surface area contributed by atoms with Gasteiger partial charge in [0.2, 0.25) is 0 Å². The number of hydrogen-bond donors (Lipinski definition) is 2. The van der Waals surface area contributed by atoms with E-state index in [2.05, 4.69) is 31.1 Å². The Labute approximate surface area is 112 Å². The minimum atomic E-state index is -0.809. The molecule has 0 bridgehead atoms. The molecule has 0 saturated heterocycles. The van der Waals surface area contributed by atoms with Gasteiger partial charge in [-0.25, -0.2) is 4.98 Å². The van der Waals surface area contributed by atoms with Gasteiger partial charge in [-0.05, 0) is 5.92 Å². The molecule has 0 spiro atoms. The van der Waals surface area contributed by atoms with Gasteiger partial charge in [0.05, 0.1) is 10.7 Å². The lowest BCUT2D eigenvalue weighted by Crippen LogP contribution is -2.40. The summed E-state index contributed by atoms with van der Waals surface area (Å²) in [5.41, 5.74) is 0.963. The van der Waals surface area contributed by atoms with Crippen molar-refractivity contribution in [2.24, 2.45) is 5.92 Å². The molecule has 0 radical (unpaired) electrons. The van der Waals surface area contributed by atoms with Gasteiger partial charge in [-0.15, -0.1) is 11.3 Å². The summed E-state index contributed by atoms with van der Waals surface area (Å²) < 4.78 is 0. The van der Waals surface area contributed by atoms with Gasteiger partial charge in [-0.2, -0.15) is 0 Å². The number of rotatable bonds is 5.